The molecule has 0 saturated heterocycles. The third kappa shape index (κ3) is 4.67. The van der Waals surface area contributed by atoms with E-state index in [4.69, 9.17) is 0 Å². The summed E-state index contributed by atoms with van der Waals surface area (Å²) in [5.41, 5.74) is 0. The van der Waals surface area contributed by atoms with Gasteiger partial charge in [0.2, 0.25) is 0 Å². The molecular weight excluding hydrogens is 256 g/mol. The van der Waals surface area contributed by atoms with Crippen molar-refractivity contribution in [1.29, 1.82) is 0 Å². The maximum atomic E-state index is 4.61. The summed E-state index contributed by atoms with van der Waals surface area (Å²) in [5.74, 6) is 0.921. The molecule has 0 radical (unpaired) electrons. The van der Waals surface area contributed by atoms with E-state index in [1.807, 2.05) is 6.20 Å². The van der Waals surface area contributed by atoms with Gasteiger partial charge in [-0.2, -0.15) is 0 Å². The number of aromatic nitrogens is 1. The highest BCUT2D eigenvalue weighted by Crippen LogP contribution is 2.11. The first kappa shape index (κ1) is 14.1. The molecule has 0 unspecified atom stereocenters. The van der Waals surface area contributed by atoms with Gasteiger partial charge in [0.1, 0.15) is 0 Å². The Morgan fingerprint density at radius 2 is 2.26 bits per heavy atom. The van der Waals surface area contributed by atoms with E-state index < -0.39 is 0 Å². The van der Waals surface area contributed by atoms with E-state index in [-0.39, 0.29) is 0 Å². The normalized spacial score (nSPS) is 16.0. The minimum absolute atomic E-state index is 0.500. The van der Waals surface area contributed by atoms with Crippen LogP contribution in [0, 0.1) is 6.92 Å². The van der Waals surface area contributed by atoms with Crippen LogP contribution < -0.4 is 10.6 Å². The molecule has 0 saturated carbocycles. The standard InChI is InChI=1S/C14H22N4S/c1-3-15-14(18-12-6-4-5-7-12)16-9-8-13-17-10-11(2)19-13/h4-5,10,12H,3,6-9H2,1-2H3,(H2,15,16,18). The van der Waals surface area contributed by atoms with Gasteiger partial charge in [-0.3, -0.25) is 4.99 Å². The van der Waals surface area contributed by atoms with Gasteiger partial charge in [0.15, 0.2) is 5.96 Å². The molecule has 0 atom stereocenters. The number of aryl methyl sites for hydroxylation is 1. The van der Waals surface area contributed by atoms with Crippen molar-refractivity contribution in [1.82, 2.24) is 15.6 Å². The molecule has 0 aliphatic heterocycles. The number of hydrogen-bond acceptors (Lipinski definition) is 3. The molecule has 1 aromatic rings. The van der Waals surface area contributed by atoms with Gasteiger partial charge in [0.25, 0.3) is 0 Å². The lowest BCUT2D eigenvalue weighted by Gasteiger charge is -2.16. The molecule has 1 aromatic heterocycles. The van der Waals surface area contributed by atoms with E-state index in [2.05, 4.69) is 46.6 Å². The van der Waals surface area contributed by atoms with E-state index in [1.165, 1.54) is 9.88 Å². The summed E-state index contributed by atoms with van der Waals surface area (Å²) in [6, 6.07) is 0.500. The van der Waals surface area contributed by atoms with E-state index >= 15 is 0 Å². The molecule has 1 heterocycles. The second-order valence-electron chi connectivity index (χ2n) is 4.66. The highest BCUT2D eigenvalue weighted by Gasteiger charge is 2.11. The van der Waals surface area contributed by atoms with Gasteiger partial charge in [-0.25, -0.2) is 4.98 Å². The molecule has 0 aromatic carbocycles. The van der Waals surface area contributed by atoms with E-state index in [9.17, 15) is 0 Å². The van der Waals surface area contributed by atoms with Crippen LogP contribution in [-0.2, 0) is 6.42 Å². The molecule has 0 fully saturated rings. The topological polar surface area (TPSA) is 49.3 Å². The van der Waals surface area contributed by atoms with E-state index in [0.717, 1.165) is 38.3 Å². The summed E-state index contributed by atoms with van der Waals surface area (Å²) in [6.07, 6.45) is 9.47. The number of nitrogens with one attached hydrogen (secondary N) is 2. The van der Waals surface area contributed by atoms with Crippen LogP contribution in [0.15, 0.2) is 23.3 Å². The molecule has 0 bridgehead atoms. The average molecular weight is 278 g/mol. The number of thiazole rings is 1. The quantitative estimate of drug-likeness (QED) is 0.493. The lowest BCUT2D eigenvalue weighted by Crippen LogP contribution is -2.42. The summed E-state index contributed by atoms with van der Waals surface area (Å²) in [4.78, 5) is 10.2. The first-order valence-corrected chi connectivity index (χ1v) is 7.70. The van der Waals surface area contributed by atoms with Crippen LogP contribution in [0.4, 0.5) is 0 Å². The van der Waals surface area contributed by atoms with Crippen LogP contribution in [0.1, 0.15) is 29.7 Å². The summed E-state index contributed by atoms with van der Waals surface area (Å²) < 4.78 is 0. The molecule has 104 valence electrons. The lowest BCUT2D eigenvalue weighted by atomic mass is 10.2. The molecule has 4 nitrogen and oxygen atoms in total. The highest BCUT2D eigenvalue weighted by molar-refractivity contribution is 7.11. The molecule has 5 heteroatoms. The van der Waals surface area contributed by atoms with Crippen molar-refractivity contribution in [3.05, 3.63) is 28.2 Å². The van der Waals surface area contributed by atoms with Gasteiger partial charge in [-0.1, -0.05) is 12.2 Å². The van der Waals surface area contributed by atoms with Crippen molar-refractivity contribution >= 4 is 17.3 Å². The van der Waals surface area contributed by atoms with Gasteiger partial charge in [-0.05, 0) is 26.7 Å². The molecule has 0 spiro atoms. The van der Waals surface area contributed by atoms with Crippen molar-refractivity contribution in [2.45, 2.75) is 39.2 Å². The smallest absolute Gasteiger partial charge is 0.191 e. The molecule has 2 rings (SSSR count). The van der Waals surface area contributed by atoms with Gasteiger partial charge in [0.05, 0.1) is 5.01 Å². The van der Waals surface area contributed by atoms with Crippen LogP contribution >= 0.6 is 11.3 Å². The van der Waals surface area contributed by atoms with E-state index in [1.54, 1.807) is 11.3 Å². The fraction of sp³-hybridized carbons (Fsp3) is 0.571. The predicted molar refractivity (Wildman–Crippen MR) is 81.8 cm³/mol. The number of nitrogens with zero attached hydrogens (tertiary/aromatic N) is 2. The molecule has 1 aliphatic rings. The Morgan fingerprint density at radius 3 is 2.89 bits per heavy atom. The number of hydrogen-bond donors (Lipinski definition) is 2. The Labute approximate surface area is 119 Å². The maximum Gasteiger partial charge on any atom is 0.191 e. The molecular formula is C14H22N4S. The zero-order valence-corrected chi connectivity index (χ0v) is 12.5. The Bertz CT molecular complexity index is 442. The zero-order valence-electron chi connectivity index (χ0n) is 11.6. The number of aliphatic imine (C=N–C) groups is 1. The van der Waals surface area contributed by atoms with Crippen LogP contribution in [0.25, 0.3) is 0 Å². The second kappa shape index (κ2) is 7.28. The minimum Gasteiger partial charge on any atom is -0.357 e. The SMILES string of the molecule is CCNC(=NCCc1ncc(C)s1)NC1CC=CC1. The third-order valence-corrected chi connectivity index (χ3v) is 3.93. The largest absolute Gasteiger partial charge is 0.357 e. The monoisotopic (exact) mass is 278 g/mol. The number of guanidine groups is 1. The zero-order chi connectivity index (χ0) is 13.5. The first-order chi connectivity index (χ1) is 9.28. The van der Waals surface area contributed by atoms with E-state index in [0.29, 0.717) is 6.04 Å². The first-order valence-electron chi connectivity index (χ1n) is 6.89. The Kier molecular flexibility index (Phi) is 5.39. The molecule has 19 heavy (non-hydrogen) atoms. The summed E-state index contributed by atoms with van der Waals surface area (Å²) in [5, 5.41) is 7.93. The number of rotatable bonds is 5. The second-order valence-corrected chi connectivity index (χ2v) is 5.98. The molecule has 2 N–H and O–H groups in total. The summed E-state index contributed by atoms with van der Waals surface area (Å²) >= 11 is 1.75. The van der Waals surface area contributed by atoms with Crippen LogP contribution in [0.5, 0.6) is 0 Å². The molecule has 1 aliphatic carbocycles. The summed E-state index contributed by atoms with van der Waals surface area (Å²) in [7, 11) is 0. The van der Waals surface area contributed by atoms with Gasteiger partial charge < -0.3 is 10.6 Å². The van der Waals surface area contributed by atoms with Crippen molar-refractivity contribution in [3.8, 4) is 0 Å². The Balaban J connectivity index is 1.81. The van der Waals surface area contributed by atoms with Crippen molar-refractivity contribution in [2.75, 3.05) is 13.1 Å². The molecule has 0 amide bonds. The minimum atomic E-state index is 0.500. The summed E-state index contributed by atoms with van der Waals surface area (Å²) in [6.45, 7) is 5.85. The van der Waals surface area contributed by atoms with Crippen LogP contribution in [0.3, 0.4) is 0 Å². The fourth-order valence-electron chi connectivity index (χ4n) is 2.03. The van der Waals surface area contributed by atoms with Gasteiger partial charge in [-0.15, -0.1) is 11.3 Å². The van der Waals surface area contributed by atoms with Crippen molar-refractivity contribution in [3.63, 3.8) is 0 Å². The van der Waals surface area contributed by atoms with Gasteiger partial charge in [0, 0.05) is 36.6 Å². The Hall–Kier alpha value is -1.36. The van der Waals surface area contributed by atoms with Crippen molar-refractivity contribution < 1.29 is 0 Å². The van der Waals surface area contributed by atoms with Crippen LogP contribution in [0.2, 0.25) is 0 Å². The fourth-order valence-corrected chi connectivity index (χ4v) is 2.80. The Morgan fingerprint density at radius 1 is 1.47 bits per heavy atom. The third-order valence-electron chi connectivity index (χ3n) is 2.96. The maximum absolute atomic E-state index is 4.61. The average Bonchev–Trinajstić information content (AvgIpc) is 3.01. The van der Waals surface area contributed by atoms with Crippen LogP contribution in [-0.4, -0.2) is 30.1 Å². The lowest BCUT2D eigenvalue weighted by molar-refractivity contribution is 0.633. The van der Waals surface area contributed by atoms with Gasteiger partial charge >= 0.3 is 0 Å². The van der Waals surface area contributed by atoms with Crippen molar-refractivity contribution in [2.24, 2.45) is 4.99 Å². The highest BCUT2D eigenvalue weighted by atomic mass is 32.1. The predicted octanol–water partition coefficient (Wildman–Crippen LogP) is 2.27.